The lowest BCUT2D eigenvalue weighted by Gasteiger charge is -2.48. The highest BCUT2D eigenvalue weighted by Gasteiger charge is 2.59. The van der Waals surface area contributed by atoms with Gasteiger partial charge in [0.2, 0.25) is 0 Å². The smallest absolute Gasteiger partial charge is 0.164 e. The fourth-order valence-electron chi connectivity index (χ4n) is 12.4. The molecule has 5 heterocycles. The summed E-state index contributed by atoms with van der Waals surface area (Å²) in [4.78, 5) is 6.42. The number of fused-ring (bicyclic) bond motifs is 5. The van der Waals surface area contributed by atoms with Gasteiger partial charge >= 0.3 is 0 Å². The first-order valence-electron chi connectivity index (χ1n) is 24.7. The first-order valence-corrected chi connectivity index (χ1v) is 30.1. The maximum atomic E-state index is 12.6. The Morgan fingerprint density at radius 3 is 0.750 bits per heavy atom. The molecular weight excluding hydrogens is 1510 g/mol. The highest BCUT2D eigenvalue weighted by molar-refractivity contribution is 14.1. The highest BCUT2D eigenvalue weighted by Crippen LogP contribution is 2.48. The van der Waals surface area contributed by atoms with Gasteiger partial charge in [0.1, 0.15) is 91.6 Å². The quantitative estimate of drug-likeness (QED) is 0.176. The van der Waals surface area contributed by atoms with Gasteiger partial charge in [-0.2, -0.15) is 0 Å². The van der Waals surface area contributed by atoms with Crippen molar-refractivity contribution in [1.29, 1.82) is 0 Å². The van der Waals surface area contributed by atoms with Crippen LogP contribution in [0.5, 0.6) is 0 Å². The van der Waals surface area contributed by atoms with Crippen LogP contribution in [-0.2, 0) is 47.4 Å². The predicted molar refractivity (Wildman–Crippen MR) is 304 cm³/mol. The molecule has 0 saturated carbocycles. The van der Waals surface area contributed by atoms with Crippen LogP contribution in [0.4, 0.5) is 0 Å². The van der Waals surface area contributed by atoms with Crippen molar-refractivity contribution in [3.8, 4) is 0 Å². The first kappa shape index (κ1) is 56.9. The van der Waals surface area contributed by atoms with Gasteiger partial charge in [0.25, 0.3) is 0 Å². The van der Waals surface area contributed by atoms with Crippen LogP contribution in [0.1, 0.15) is 69.2 Å². The van der Waals surface area contributed by atoms with E-state index in [9.17, 15) is 25.5 Å². The Hall–Kier alpha value is 1.63. The highest BCUT2D eigenvalue weighted by atomic mass is 127. The van der Waals surface area contributed by atoms with Crippen LogP contribution in [0.25, 0.3) is 0 Å². The van der Waals surface area contributed by atoms with Crippen LogP contribution in [0, 0.1) is 0 Å². The summed E-state index contributed by atoms with van der Waals surface area (Å²) in [5.41, 5.74) is 0. The minimum absolute atomic E-state index is 0.278. The van der Waals surface area contributed by atoms with E-state index in [1.165, 1.54) is 0 Å². The second-order valence-corrected chi connectivity index (χ2v) is 29.0. The molecule has 404 valence electrons. The Morgan fingerprint density at radius 1 is 0.333 bits per heavy atom. The third-order valence-electron chi connectivity index (χ3n) is 15.3. The summed E-state index contributed by atoms with van der Waals surface area (Å²) in [5, 5.41) is 62.4. The average molecular weight is 1570 g/mol. The fourth-order valence-corrected chi connectivity index (χ4v) is 16.6. The molecule has 23 heteroatoms. The molecule has 10 rings (SSSR count). The standard InChI is InChI=1S/C49H68I5N3O15/c1-45(2)63-35-20(50)15-25(30(58)40(35)68-45)55(11-13-56(26-16-21(51)36-41(31(26)59)69-46(3,4)64-36)27-17-22(52)37-42(32(27)60)70-47(5,6)65-37)12-14-57(28-18-23(53)38-43(33(28)61)71-48(7,8)66-38)29-19-24(54)39-44(34(29)62)72-49(9,10)67-39/h15-19,25-44,58-62H,11-14H2,1-10H3/t25-,26-,27-,28-,29-,30+,31+,32+,33+,34+,35+,36+,37+,38+,39+,40-,41-,42-,43-,44-/m0/s1. The molecule has 0 spiro atoms. The second-order valence-electron chi connectivity index (χ2n) is 22.8. The number of rotatable bonds is 11. The zero-order chi connectivity index (χ0) is 52.1. The molecule has 18 nitrogen and oxygen atoms in total. The minimum Gasteiger partial charge on any atom is -0.388 e. The van der Waals surface area contributed by atoms with Crippen molar-refractivity contribution in [3.63, 3.8) is 0 Å². The fraction of sp³-hybridized carbons (Fsp3) is 0.796. The molecule has 0 bridgehead atoms. The van der Waals surface area contributed by atoms with Gasteiger partial charge < -0.3 is 72.9 Å². The van der Waals surface area contributed by atoms with E-state index in [1.807, 2.05) is 99.6 Å². The molecule has 5 fully saturated rings. The van der Waals surface area contributed by atoms with Crippen molar-refractivity contribution >= 4 is 113 Å². The van der Waals surface area contributed by atoms with Crippen molar-refractivity contribution in [2.75, 3.05) is 26.2 Å². The third kappa shape index (κ3) is 10.8. The van der Waals surface area contributed by atoms with Crippen LogP contribution in [0.3, 0.4) is 0 Å². The largest absolute Gasteiger partial charge is 0.388 e. The number of nitrogens with zero attached hydrogens (tertiary/aromatic N) is 3. The summed E-state index contributed by atoms with van der Waals surface area (Å²) in [5.74, 6) is -4.68. The number of aliphatic hydroxyl groups excluding tert-OH is 5. The zero-order valence-electron chi connectivity index (χ0n) is 41.8. The molecule has 0 radical (unpaired) electrons. The molecule has 72 heavy (non-hydrogen) atoms. The molecule has 0 unspecified atom stereocenters. The van der Waals surface area contributed by atoms with E-state index in [0.29, 0.717) is 13.1 Å². The van der Waals surface area contributed by atoms with E-state index in [4.69, 9.17) is 47.4 Å². The molecule has 10 aliphatic rings. The molecule has 0 amide bonds. The van der Waals surface area contributed by atoms with Crippen LogP contribution < -0.4 is 0 Å². The van der Waals surface area contributed by atoms with Crippen molar-refractivity contribution in [1.82, 2.24) is 14.7 Å². The molecule has 0 aromatic heterocycles. The molecule has 5 N–H and O–H groups in total. The molecule has 0 aromatic carbocycles. The van der Waals surface area contributed by atoms with Crippen molar-refractivity contribution in [2.24, 2.45) is 0 Å². The van der Waals surface area contributed by atoms with Gasteiger partial charge in [0.15, 0.2) is 28.9 Å². The zero-order valence-corrected chi connectivity index (χ0v) is 52.6. The SMILES string of the molecule is CC1(C)O[C@H]2[C@H](O)[C@@H](N(CCN([C@H]3C=C(I)[C@H]4OC(C)(C)O[C@H]4[C@@H]3O)[C@H]3C=C(I)[C@H]4OC(C)(C)O[C@H]4[C@@H]3O)CCN([C@H]3C=C(I)[C@H]4OC(C)(C)O[C@H]4[C@@H]3O)[C@H]3C=C(I)[C@H]4OC(C)(C)O[C@H]4[C@@H]3O)C=C(I)[C@H]2O1. The van der Waals surface area contributed by atoms with E-state index in [1.54, 1.807) is 0 Å². The van der Waals surface area contributed by atoms with Gasteiger partial charge in [-0.3, -0.25) is 14.7 Å². The lowest BCUT2D eigenvalue weighted by molar-refractivity contribution is -0.163. The normalized spacial score (nSPS) is 46.2. The number of hydrogen-bond acceptors (Lipinski definition) is 18. The van der Waals surface area contributed by atoms with Crippen LogP contribution >= 0.6 is 113 Å². The molecule has 5 saturated heterocycles. The average Bonchev–Trinajstić information content (AvgIpc) is 4.08. The lowest BCUT2D eigenvalue weighted by Crippen LogP contribution is -2.64. The Kier molecular flexibility index (Phi) is 16.2. The van der Waals surface area contributed by atoms with Gasteiger partial charge in [-0.15, -0.1) is 0 Å². The van der Waals surface area contributed by atoms with E-state index < -0.39 is 151 Å². The van der Waals surface area contributed by atoms with Crippen molar-refractivity contribution < 1.29 is 72.9 Å². The summed E-state index contributed by atoms with van der Waals surface area (Å²) in [6.07, 6.45) is -0.983. The maximum absolute atomic E-state index is 12.6. The van der Waals surface area contributed by atoms with E-state index in [-0.39, 0.29) is 13.1 Å². The first-order chi connectivity index (χ1) is 33.4. The molecule has 5 aliphatic heterocycles. The lowest BCUT2D eigenvalue weighted by atomic mass is 9.87. The minimum atomic E-state index is -1.06. The maximum Gasteiger partial charge on any atom is 0.164 e. The van der Waals surface area contributed by atoms with Gasteiger partial charge in [-0.1, -0.05) is 30.4 Å². The van der Waals surface area contributed by atoms with Crippen molar-refractivity contribution in [3.05, 3.63) is 48.3 Å². The molecule has 5 aliphatic carbocycles. The summed E-state index contributed by atoms with van der Waals surface area (Å²) >= 11 is 11.4. The summed E-state index contributed by atoms with van der Waals surface area (Å²) in [6, 6.07) is -3.24. The molecule has 20 atom stereocenters. The topological polar surface area (TPSA) is 203 Å². The number of aliphatic hydroxyl groups is 5. The van der Waals surface area contributed by atoms with Crippen LogP contribution in [-0.4, -0.2) is 217 Å². The Bertz CT molecular complexity index is 2020. The Morgan fingerprint density at radius 2 is 0.528 bits per heavy atom. The van der Waals surface area contributed by atoms with Crippen LogP contribution in [0.15, 0.2) is 48.3 Å². The second kappa shape index (κ2) is 20.6. The number of halogens is 5. The summed E-state index contributed by atoms with van der Waals surface area (Å²) < 4.78 is 68.0. The van der Waals surface area contributed by atoms with Gasteiger partial charge in [-0.05, 0) is 182 Å². The number of hydrogen-bond donors (Lipinski definition) is 5. The summed E-state index contributed by atoms with van der Waals surface area (Å²) in [7, 11) is 0. The Balaban J connectivity index is 1.03. The molecular formula is C49H68I5N3O15. The summed E-state index contributed by atoms with van der Waals surface area (Å²) in [6.45, 7) is 19.6. The predicted octanol–water partition coefficient (Wildman–Crippen LogP) is 4.80. The van der Waals surface area contributed by atoms with Gasteiger partial charge in [-0.25, -0.2) is 0 Å². The monoisotopic (exact) mass is 1570 g/mol. The van der Waals surface area contributed by atoms with Crippen molar-refractivity contribution in [2.45, 2.75) is 220 Å². The van der Waals surface area contributed by atoms with Gasteiger partial charge in [0.05, 0.1) is 30.2 Å². The molecule has 0 aromatic rings. The third-order valence-corrected chi connectivity index (χ3v) is 20.2. The van der Waals surface area contributed by atoms with E-state index in [2.05, 4.69) is 128 Å². The number of ether oxygens (including phenoxy) is 10. The van der Waals surface area contributed by atoms with E-state index in [0.717, 1.165) is 17.9 Å². The Labute approximate surface area is 489 Å². The van der Waals surface area contributed by atoms with Crippen LogP contribution in [0.2, 0.25) is 0 Å². The van der Waals surface area contributed by atoms with E-state index >= 15 is 0 Å². The van der Waals surface area contributed by atoms with Gasteiger partial charge in [0, 0.05) is 44.1 Å².